The van der Waals surface area contributed by atoms with Crippen LogP contribution in [0.5, 0.6) is 0 Å². The molecule has 1 fully saturated rings. The van der Waals surface area contributed by atoms with Crippen LogP contribution in [0, 0.1) is 0 Å². The highest BCUT2D eigenvalue weighted by Gasteiger charge is 2.15. The highest BCUT2D eigenvalue weighted by molar-refractivity contribution is 7.09. The van der Waals surface area contributed by atoms with E-state index in [1.165, 1.54) is 19.3 Å². The molecule has 2 amide bonds. The number of carbonyl (C=O) groups is 1. The molecule has 1 aromatic heterocycles. The first-order chi connectivity index (χ1) is 11.3. The van der Waals surface area contributed by atoms with Crippen LogP contribution < -0.4 is 10.6 Å². The van der Waals surface area contributed by atoms with Crippen molar-refractivity contribution >= 4 is 17.4 Å². The van der Waals surface area contributed by atoms with Crippen LogP contribution in [0.25, 0.3) is 11.3 Å². The third-order valence-electron chi connectivity index (χ3n) is 4.19. The van der Waals surface area contributed by atoms with E-state index in [1.54, 1.807) is 11.3 Å². The first-order valence-electron chi connectivity index (χ1n) is 8.35. The number of nitrogens with one attached hydrogen (secondary N) is 2. The van der Waals surface area contributed by atoms with Gasteiger partial charge < -0.3 is 10.6 Å². The minimum Gasteiger partial charge on any atom is -0.338 e. The zero-order valence-corrected chi connectivity index (χ0v) is 14.1. The summed E-state index contributed by atoms with van der Waals surface area (Å²) in [5.74, 6) is 0. The number of benzene rings is 1. The largest absolute Gasteiger partial charge is 0.338 e. The van der Waals surface area contributed by atoms with Crippen LogP contribution in [-0.4, -0.2) is 23.6 Å². The van der Waals surface area contributed by atoms with E-state index in [0.29, 0.717) is 12.6 Å². The third kappa shape index (κ3) is 4.79. The summed E-state index contributed by atoms with van der Waals surface area (Å²) in [6.45, 7) is 0.625. The fraction of sp³-hybridized carbons (Fsp3) is 0.444. The van der Waals surface area contributed by atoms with Crippen molar-refractivity contribution in [3.05, 3.63) is 40.7 Å². The van der Waals surface area contributed by atoms with E-state index in [9.17, 15) is 4.79 Å². The number of aromatic nitrogens is 1. The van der Waals surface area contributed by atoms with Gasteiger partial charge in [0.2, 0.25) is 0 Å². The van der Waals surface area contributed by atoms with Crippen LogP contribution in [0.1, 0.15) is 37.1 Å². The Balaban J connectivity index is 1.42. The molecule has 2 N–H and O–H groups in total. The van der Waals surface area contributed by atoms with Crippen molar-refractivity contribution in [3.8, 4) is 11.3 Å². The van der Waals surface area contributed by atoms with Crippen LogP contribution in [0.3, 0.4) is 0 Å². The molecule has 4 nitrogen and oxygen atoms in total. The summed E-state index contributed by atoms with van der Waals surface area (Å²) in [5.41, 5.74) is 2.15. The number of nitrogens with zero attached hydrogens (tertiary/aromatic N) is 1. The number of urea groups is 1. The van der Waals surface area contributed by atoms with Crippen molar-refractivity contribution in [2.45, 2.75) is 44.6 Å². The molecule has 23 heavy (non-hydrogen) atoms. The standard InChI is InChI=1S/C18H23N3OS/c22-18(20-15-9-5-2-6-10-15)19-12-11-17-21-16(13-23-17)14-7-3-1-4-8-14/h1,3-4,7-8,13,15H,2,5-6,9-12H2,(H2,19,20,22). The molecule has 0 unspecified atom stereocenters. The van der Waals surface area contributed by atoms with Gasteiger partial charge in [-0.05, 0) is 12.8 Å². The Morgan fingerprint density at radius 2 is 1.96 bits per heavy atom. The zero-order chi connectivity index (χ0) is 15.9. The quantitative estimate of drug-likeness (QED) is 0.871. The number of hydrogen-bond donors (Lipinski definition) is 2. The Hall–Kier alpha value is -1.88. The molecule has 0 saturated heterocycles. The molecule has 2 aromatic rings. The van der Waals surface area contributed by atoms with Crippen LogP contribution >= 0.6 is 11.3 Å². The van der Waals surface area contributed by atoms with E-state index in [-0.39, 0.29) is 6.03 Å². The minimum atomic E-state index is -0.0447. The molecule has 122 valence electrons. The number of hydrogen-bond acceptors (Lipinski definition) is 3. The lowest BCUT2D eigenvalue weighted by Crippen LogP contribution is -2.43. The first kappa shape index (κ1) is 16.0. The van der Waals surface area contributed by atoms with Gasteiger partial charge in [0.1, 0.15) is 0 Å². The molecule has 0 spiro atoms. The molecular formula is C18H23N3OS. The van der Waals surface area contributed by atoms with Gasteiger partial charge in [0.05, 0.1) is 10.7 Å². The van der Waals surface area contributed by atoms with Gasteiger partial charge in [-0.3, -0.25) is 0 Å². The molecule has 1 aliphatic carbocycles. The highest BCUT2D eigenvalue weighted by atomic mass is 32.1. The first-order valence-corrected chi connectivity index (χ1v) is 9.23. The maximum atomic E-state index is 11.9. The Morgan fingerprint density at radius 3 is 2.74 bits per heavy atom. The molecule has 0 atom stereocenters. The summed E-state index contributed by atoms with van der Waals surface area (Å²) in [4.78, 5) is 16.5. The maximum Gasteiger partial charge on any atom is 0.315 e. The highest BCUT2D eigenvalue weighted by Crippen LogP contribution is 2.21. The van der Waals surface area contributed by atoms with Gasteiger partial charge in [0.15, 0.2) is 0 Å². The fourth-order valence-corrected chi connectivity index (χ4v) is 3.74. The number of carbonyl (C=O) groups excluding carboxylic acids is 1. The van der Waals surface area contributed by atoms with Crippen molar-refractivity contribution in [1.29, 1.82) is 0 Å². The third-order valence-corrected chi connectivity index (χ3v) is 5.09. The lowest BCUT2D eigenvalue weighted by Gasteiger charge is -2.22. The summed E-state index contributed by atoms with van der Waals surface area (Å²) in [6, 6.07) is 10.5. The van der Waals surface area contributed by atoms with E-state index >= 15 is 0 Å². The molecule has 3 rings (SSSR count). The van der Waals surface area contributed by atoms with Gasteiger partial charge in [-0.2, -0.15) is 0 Å². The van der Waals surface area contributed by atoms with Gasteiger partial charge >= 0.3 is 6.03 Å². The Kier molecular flexibility index (Phi) is 5.64. The lowest BCUT2D eigenvalue weighted by molar-refractivity contribution is 0.233. The van der Waals surface area contributed by atoms with Crippen molar-refractivity contribution < 1.29 is 4.79 Å². The summed E-state index contributed by atoms with van der Waals surface area (Å²) in [7, 11) is 0. The second-order valence-corrected chi connectivity index (χ2v) is 6.92. The second-order valence-electron chi connectivity index (χ2n) is 5.98. The molecule has 1 saturated carbocycles. The minimum absolute atomic E-state index is 0.0447. The summed E-state index contributed by atoms with van der Waals surface area (Å²) in [6.07, 6.45) is 6.75. The predicted octanol–water partition coefficient (Wildman–Crippen LogP) is 3.98. The zero-order valence-electron chi connectivity index (χ0n) is 13.3. The van der Waals surface area contributed by atoms with E-state index in [0.717, 1.165) is 35.5 Å². The van der Waals surface area contributed by atoms with E-state index < -0.39 is 0 Å². The topological polar surface area (TPSA) is 54.0 Å². The monoisotopic (exact) mass is 329 g/mol. The molecule has 5 heteroatoms. The van der Waals surface area contributed by atoms with E-state index in [2.05, 4.69) is 33.1 Å². The van der Waals surface area contributed by atoms with Crippen LogP contribution in [0.2, 0.25) is 0 Å². The number of thiazole rings is 1. The average molecular weight is 329 g/mol. The molecule has 1 aliphatic rings. The van der Waals surface area contributed by atoms with Gasteiger partial charge in [0, 0.05) is 30.0 Å². The van der Waals surface area contributed by atoms with E-state index in [1.807, 2.05) is 18.2 Å². The van der Waals surface area contributed by atoms with Gasteiger partial charge in [-0.25, -0.2) is 9.78 Å². The Bertz CT molecular complexity index is 620. The molecule has 1 heterocycles. The van der Waals surface area contributed by atoms with Crippen LogP contribution in [0.15, 0.2) is 35.7 Å². The summed E-state index contributed by atoms with van der Waals surface area (Å²) in [5, 5.41) is 9.15. The van der Waals surface area contributed by atoms with Crippen molar-refractivity contribution in [1.82, 2.24) is 15.6 Å². The average Bonchev–Trinajstić information content (AvgIpc) is 3.05. The van der Waals surface area contributed by atoms with Crippen molar-refractivity contribution in [2.75, 3.05) is 6.54 Å². The summed E-state index contributed by atoms with van der Waals surface area (Å²) >= 11 is 1.65. The fourth-order valence-electron chi connectivity index (χ4n) is 2.93. The summed E-state index contributed by atoms with van der Waals surface area (Å²) < 4.78 is 0. The molecule has 1 aromatic carbocycles. The second kappa shape index (κ2) is 8.11. The van der Waals surface area contributed by atoms with Crippen LogP contribution in [0.4, 0.5) is 4.79 Å². The van der Waals surface area contributed by atoms with Gasteiger partial charge in [-0.15, -0.1) is 11.3 Å². The SMILES string of the molecule is O=C(NCCc1nc(-c2ccccc2)cs1)NC1CCCCC1. The molecule has 0 bridgehead atoms. The predicted molar refractivity (Wildman–Crippen MR) is 94.7 cm³/mol. The Morgan fingerprint density at radius 1 is 1.17 bits per heavy atom. The Labute approximate surface area is 141 Å². The molecule has 0 aliphatic heterocycles. The molecular weight excluding hydrogens is 306 g/mol. The van der Waals surface area contributed by atoms with Gasteiger partial charge in [-0.1, -0.05) is 49.6 Å². The normalized spacial score (nSPS) is 15.3. The van der Waals surface area contributed by atoms with E-state index in [4.69, 9.17) is 0 Å². The maximum absolute atomic E-state index is 11.9. The van der Waals surface area contributed by atoms with Crippen LogP contribution in [-0.2, 0) is 6.42 Å². The number of rotatable bonds is 5. The number of amides is 2. The van der Waals surface area contributed by atoms with Gasteiger partial charge in [0.25, 0.3) is 0 Å². The van der Waals surface area contributed by atoms with Crippen molar-refractivity contribution in [3.63, 3.8) is 0 Å². The molecule has 0 radical (unpaired) electrons. The van der Waals surface area contributed by atoms with Crippen molar-refractivity contribution in [2.24, 2.45) is 0 Å². The lowest BCUT2D eigenvalue weighted by atomic mass is 9.96. The smallest absolute Gasteiger partial charge is 0.315 e.